The Morgan fingerprint density at radius 3 is 2.41 bits per heavy atom. The third kappa shape index (κ3) is 2.26. The first-order valence-electron chi connectivity index (χ1n) is 5.61. The molecule has 1 nitrogen and oxygen atoms in total. The van der Waals surface area contributed by atoms with Gasteiger partial charge in [-0.1, -0.05) is 49.4 Å². The summed E-state index contributed by atoms with van der Waals surface area (Å²) in [5, 5.41) is 0. The number of halogens is 1. The topological polar surface area (TPSA) is 17.1 Å². The molecule has 0 atom stereocenters. The van der Waals surface area contributed by atoms with E-state index in [4.69, 9.17) is 0 Å². The number of hydrogen-bond donors (Lipinski definition) is 0. The SMILES string of the molecule is CCC(=O)c1cccc(F)c1-c1ccccc1. The molecule has 0 radical (unpaired) electrons. The Morgan fingerprint density at radius 2 is 1.76 bits per heavy atom. The summed E-state index contributed by atoms with van der Waals surface area (Å²) in [5.74, 6) is -0.390. The molecule has 0 aliphatic rings. The van der Waals surface area contributed by atoms with Crippen molar-refractivity contribution in [3.05, 3.63) is 59.9 Å². The highest BCUT2D eigenvalue weighted by molar-refractivity contribution is 6.02. The second-order valence-electron chi connectivity index (χ2n) is 3.81. The minimum Gasteiger partial charge on any atom is -0.294 e. The van der Waals surface area contributed by atoms with Crippen LogP contribution in [0.2, 0.25) is 0 Å². The maximum Gasteiger partial charge on any atom is 0.163 e. The second kappa shape index (κ2) is 4.91. The van der Waals surface area contributed by atoms with E-state index in [1.807, 2.05) is 30.3 Å². The number of ketones is 1. The monoisotopic (exact) mass is 228 g/mol. The number of hydrogen-bond acceptors (Lipinski definition) is 1. The van der Waals surface area contributed by atoms with E-state index in [2.05, 4.69) is 0 Å². The van der Waals surface area contributed by atoms with Crippen molar-refractivity contribution in [3.63, 3.8) is 0 Å². The molecule has 0 unspecified atom stereocenters. The Morgan fingerprint density at radius 1 is 1.06 bits per heavy atom. The van der Waals surface area contributed by atoms with E-state index in [0.29, 0.717) is 17.5 Å². The molecule has 2 aromatic rings. The van der Waals surface area contributed by atoms with Crippen LogP contribution >= 0.6 is 0 Å². The molecule has 0 aliphatic carbocycles. The standard InChI is InChI=1S/C15H13FO/c1-2-14(17)12-9-6-10-13(16)15(12)11-7-4-3-5-8-11/h3-10H,2H2,1H3. The fourth-order valence-corrected chi connectivity index (χ4v) is 1.85. The van der Waals surface area contributed by atoms with Crippen molar-refractivity contribution >= 4 is 5.78 Å². The summed E-state index contributed by atoms with van der Waals surface area (Å²) in [7, 11) is 0. The number of carbonyl (C=O) groups is 1. The van der Waals surface area contributed by atoms with Crippen LogP contribution in [0.5, 0.6) is 0 Å². The predicted octanol–water partition coefficient (Wildman–Crippen LogP) is 4.09. The highest BCUT2D eigenvalue weighted by Crippen LogP contribution is 2.27. The van der Waals surface area contributed by atoms with Gasteiger partial charge >= 0.3 is 0 Å². The van der Waals surface area contributed by atoms with Crippen LogP contribution in [-0.4, -0.2) is 5.78 Å². The summed E-state index contributed by atoms with van der Waals surface area (Å²) in [6, 6.07) is 13.8. The fraction of sp³-hybridized carbons (Fsp3) is 0.133. The average Bonchev–Trinajstić information content (AvgIpc) is 2.38. The molecule has 0 saturated carbocycles. The normalized spacial score (nSPS) is 10.2. The lowest BCUT2D eigenvalue weighted by Gasteiger charge is -2.09. The van der Waals surface area contributed by atoms with Crippen molar-refractivity contribution < 1.29 is 9.18 Å². The van der Waals surface area contributed by atoms with E-state index in [1.165, 1.54) is 6.07 Å². The van der Waals surface area contributed by atoms with E-state index >= 15 is 0 Å². The van der Waals surface area contributed by atoms with Crippen molar-refractivity contribution in [1.82, 2.24) is 0 Å². The zero-order valence-electron chi connectivity index (χ0n) is 9.61. The van der Waals surface area contributed by atoms with Gasteiger partial charge in [-0.05, 0) is 11.6 Å². The lowest BCUT2D eigenvalue weighted by Crippen LogP contribution is -2.01. The van der Waals surface area contributed by atoms with Gasteiger partial charge in [0.2, 0.25) is 0 Å². The minimum atomic E-state index is -0.351. The zero-order valence-corrected chi connectivity index (χ0v) is 9.61. The summed E-state index contributed by atoms with van der Waals surface area (Å²) in [5.41, 5.74) is 1.60. The average molecular weight is 228 g/mol. The van der Waals surface area contributed by atoms with Gasteiger partial charge in [0.05, 0.1) is 0 Å². The van der Waals surface area contributed by atoms with Gasteiger partial charge in [-0.2, -0.15) is 0 Å². The molecule has 0 aromatic heterocycles. The molecule has 2 heteroatoms. The van der Waals surface area contributed by atoms with Gasteiger partial charge in [0.25, 0.3) is 0 Å². The molecular weight excluding hydrogens is 215 g/mol. The Labute approximate surface area is 99.9 Å². The predicted molar refractivity (Wildman–Crippen MR) is 66.5 cm³/mol. The first-order chi connectivity index (χ1) is 8.24. The van der Waals surface area contributed by atoms with E-state index in [0.717, 1.165) is 5.56 Å². The maximum atomic E-state index is 13.9. The van der Waals surface area contributed by atoms with Crippen molar-refractivity contribution in [3.8, 4) is 11.1 Å². The Hall–Kier alpha value is -1.96. The molecule has 0 fully saturated rings. The van der Waals surface area contributed by atoms with Crippen LogP contribution in [0, 0.1) is 5.82 Å². The molecule has 0 amide bonds. The number of carbonyl (C=O) groups excluding carboxylic acids is 1. The van der Waals surface area contributed by atoms with E-state index in [1.54, 1.807) is 19.1 Å². The van der Waals surface area contributed by atoms with Crippen molar-refractivity contribution in [2.45, 2.75) is 13.3 Å². The van der Waals surface area contributed by atoms with E-state index in [9.17, 15) is 9.18 Å². The van der Waals surface area contributed by atoms with Crippen molar-refractivity contribution in [2.75, 3.05) is 0 Å². The highest BCUT2D eigenvalue weighted by atomic mass is 19.1. The molecule has 2 aromatic carbocycles. The quantitative estimate of drug-likeness (QED) is 0.723. The largest absolute Gasteiger partial charge is 0.294 e. The summed E-state index contributed by atoms with van der Waals surface area (Å²) in [4.78, 5) is 11.8. The molecule has 17 heavy (non-hydrogen) atoms. The van der Waals surface area contributed by atoms with Gasteiger partial charge in [0, 0.05) is 17.5 Å². The first-order valence-corrected chi connectivity index (χ1v) is 5.61. The van der Waals surface area contributed by atoms with Crippen LogP contribution < -0.4 is 0 Å². The summed E-state index contributed by atoms with van der Waals surface area (Å²) < 4.78 is 13.9. The van der Waals surface area contributed by atoms with E-state index in [-0.39, 0.29) is 11.6 Å². The number of rotatable bonds is 3. The van der Waals surface area contributed by atoms with Crippen LogP contribution in [-0.2, 0) is 0 Å². The third-order valence-corrected chi connectivity index (χ3v) is 2.70. The lowest BCUT2D eigenvalue weighted by atomic mass is 9.95. The smallest absolute Gasteiger partial charge is 0.163 e. The van der Waals surface area contributed by atoms with Gasteiger partial charge in [-0.15, -0.1) is 0 Å². The first kappa shape index (κ1) is 11.5. The van der Waals surface area contributed by atoms with Crippen LogP contribution in [0.1, 0.15) is 23.7 Å². The Balaban J connectivity index is 2.64. The van der Waals surface area contributed by atoms with Gasteiger partial charge in [0.15, 0.2) is 5.78 Å². The van der Waals surface area contributed by atoms with Crippen LogP contribution in [0.15, 0.2) is 48.5 Å². The summed E-state index contributed by atoms with van der Waals surface area (Å²) >= 11 is 0. The number of Topliss-reactive ketones (excluding diaryl/α,β-unsaturated/α-hetero) is 1. The Bertz CT molecular complexity index is 532. The minimum absolute atomic E-state index is 0.0386. The zero-order chi connectivity index (χ0) is 12.3. The van der Waals surface area contributed by atoms with Gasteiger partial charge < -0.3 is 0 Å². The third-order valence-electron chi connectivity index (χ3n) is 2.70. The molecule has 0 aliphatic heterocycles. The second-order valence-corrected chi connectivity index (χ2v) is 3.81. The van der Waals surface area contributed by atoms with Crippen molar-refractivity contribution in [2.24, 2.45) is 0 Å². The van der Waals surface area contributed by atoms with Gasteiger partial charge in [0.1, 0.15) is 5.82 Å². The van der Waals surface area contributed by atoms with Crippen LogP contribution in [0.3, 0.4) is 0 Å². The maximum absolute atomic E-state index is 13.9. The van der Waals surface area contributed by atoms with E-state index < -0.39 is 0 Å². The number of benzene rings is 2. The molecule has 0 N–H and O–H groups in total. The van der Waals surface area contributed by atoms with Gasteiger partial charge in [-0.25, -0.2) is 4.39 Å². The lowest BCUT2D eigenvalue weighted by molar-refractivity contribution is 0.0988. The fourth-order valence-electron chi connectivity index (χ4n) is 1.85. The highest BCUT2D eigenvalue weighted by Gasteiger charge is 2.14. The van der Waals surface area contributed by atoms with Crippen molar-refractivity contribution in [1.29, 1.82) is 0 Å². The summed E-state index contributed by atoms with van der Waals surface area (Å²) in [6.45, 7) is 1.78. The molecule has 2 rings (SSSR count). The molecule has 0 spiro atoms. The molecule has 86 valence electrons. The van der Waals surface area contributed by atoms with Crippen LogP contribution in [0.4, 0.5) is 4.39 Å². The van der Waals surface area contributed by atoms with Gasteiger partial charge in [-0.3, -0.25) is 4.79 Å². The Kier molecular flexibility index (Phi) is 3.33. The molecule has 0 saturated heterocycles. The molecule has 0 bridgehead atoms. The summed E-state index contributed by atoms with van der Waals surface area (Å²) in [6.07, 6.45) is 0.378. The molecular formula is C15H13FO. The molecule has 0 heterocycles. The van der Waals surface area contributed by atoms with Crippen LogP contribution in [0.25, 0.3) is 11.1 Å².